The second kappa shape index (κ2) is 7.27. The number of fused-ring (bicyclic) bond motifs is 1. The SMILES string of the molecule is O=S(O)c1ccc2c(c1)CCN(CCc1cccc(C(F)(F)F)c1)C2. The van der Waals surface area contributed by atoms with Crippen molar-refractivity contribution >= 4 is 11.1 Å². The first-order valence-electron chi connectivity index (χ1n) is 7.94. The van der Waals surface area contributed by atoms with Crippen molar-refractivity contribution in [3.8, 4) is 0 Å². The van der Waals surface area contributed by atoms with E-state index in [-0.39, 0.29) is 0 Å². The lowest BCUT2D eigenvalue weighted by molar-refractivity contribution is -0.137. The average Bonchev–Trinajstić information content (AvgIpc) is 2.58. The predicted molar refractivity (Wildman–Crippen MR) is 89.6 cm³/mol. The van der Waals surface area contributed by atoms with Crippen molar-refractivity contribution in [1.29, 1.82) is 0 Å². The van der Waals surface area contributed by atoms with Crippen LogP contribution in [0, 0.1) is 0 Å². The van der Waals surface area contributed by atoms with Gasteiger partial charge in [0, 0.05) is 19.6 Å². The fourth-order valence-corrected chi connectivity index (χ4v) is 3.51. The topological polar surface area (TPSA) is 40.5 Å². The summed E-state index contributed by atoms with van der Waals surface area (Å²) >= 11 is -1.98. The Balaban J connectivity index is 1.63. The third kappa shape index (κ3) is 4.48. The summed E-state index contributed by atoms with van der Waals surface area (Å²) in [6, 6.07) is 10.7. The molecule has 0 aromatic heterocycles. The predicted octanol–water partition coefficient (Wildman–Crippen LogP) is 3.89. The van der Waals surface area contributed by atoms with Gasteiger partial charge in [-0.1, -0.05) is 24.3 Å². The molecule has 0 saturated heterocycles. The summed E-state index contributed by atoms with van der Waals surface area (Å²) in [5, 5.41) is 0. The molecule has 0 amide bonds. The van der Waals surface area contributed by atoms with Crippen LogP contribution in [-0.2, 0) is 36.6 Å². The molecule has 3 rings (SSSR count). The van der Waals surface area contributed by atoms with Crippen LogP contribution in [0.4, 0.5) is 13.2 Å². The van der Waals surface area contributed by atoms with E-state index in [4.69, 9.17) is 4.55 Å². The maximum absolute atomic E-state index is 12.8. The standard InChI is InChI=1S/C18H18F3NO2S/c19-18(20,21)16-3-1-2-13(10-16)6-8-22-9-7-14-11-17(25(23)24)5-4-15(14)12-22/h1-5,10-11H,6-9,12H2,(H,23,24). The molecule has 0 spiro atoms. The summed E-state index contributed by atoms with van der Waals surface area (Å²) in [5.74, 6) is 0. The van der Waals surface area contributed by atoms with E-state index in [2.05, 4.69) is 4.90 Å². The largest absolute Gasteiger partial charge is 0.416 e. The number of rotatable bonds is 4. The van der Waals surface area contributed by atoms with E-state index >= 15 is 0 Å². The van der Waals surface area contributed by atoms with Gasteiger partial charge in [0.15, 0.2) is 11.1 Å². The van der Waals surface area contributed by atoms with Gasteiger partial charge in [0.1, 0.15) is 0 Å². The highest BCUT2D eigenvalue weighted by Crippen LogP contribution is 2.29. The van der Waals surface area contributed by atoms with Crippen molar-refractivity contribution in [3.63, 3.8) is 0 Å². The summed E-state index contributed by atoms with van der Waals surface area (Å²) in [5.41, 5.74) is 2.23. The Bertz CT molecular complexity index is 792. The maximum atomic E-state index is 12.8. The fourth-order valence-electron chi connectivity index (χ4n) is 3.08. The highest BCUT2D eigenvalue weighted by Gasteiger charge is 2.30. The lowest BCUT2D eigenvalue weighted by Gasteiger charge is -2.29. The molecule has 0 radical (unpaired) electrons. The van der Waals surface area contributed by atoms with Crippen LogP contribution in [0.25, 0.3) is 0 Å². The molecule has 1 atom stereocenters. The Hall–Kier alpha value is -1.70. The number of hydrogen-bond donors (Lipinski definition) is 1. The van der Waals surface area contributed by atoms with Crippen LogP contribution in [-0.4, -0.2) is 26.8 Å². The van der Waals surface area contributed by atoms with Crippen molar-refractivity contribution in [2.45, 2.75) is 30.5 Å². The molecular formula is C18H18F3NO2S. The molecule has 7 heteroatoms. The maximum Gasteiger partial charge on any atom is 0.416 e. The zero-order chi connectivity index (χ0) is 18.0. The number of benzene rings is 2. The van der Waals surface area contributed by atoms with Gasteiger partial charge in [-0.2, -0.15) is 13.2 Å². The van der Waals surface area contributed by atoms with E-state index in [0.717, 1.165) is 30.2 Å². The van der Waals surface area contributed by atoms with E-state index in [1.54, 1.807) is 18.2 Å². The van der Waals surface area contributed by atoms with Gasteiger partial charge in [-0.25, -0.2) is 4.21 Å². The number of hydrogen-bond acceptors (Lipinski definition) is 2. The molecule has 0 bridgehead atoms. The Labute approximate surface area is 146 Å². The molecule has 1 heterocycles. The lowest BCUT2D eigenvalue weighted by atomic mass is 9.99. The molecule has 0 fully saturated rings. The van der Waals surface area contributed by atoms with Gasteiger partial charge in [-0.3, -0.25) is 4.90 Å². The summed E-state index contributed by atoms with van der Waals surface area (Å²) in [4.78, 5) is 2.59. The van der Waals surface area contributed by atoms with Gasteiger partial charge in [0.05, 0.1) is 10.5 Å². The average molecular weight is 369 g/mol. The normalized spacial score (nSPS) is 16.5. The van der Waals surface area contributed by atoms with Crippen molar-refractivity contribution in [2.24, 2.45) is 0 Å². The molecule has 25 heavy (non-hydrogen) atoms. The van der Waals surface area contributed by atoms with Crippen molar-refractivity contribution < 1.29 is 21.9 Å². The fraction of sp³-hybridized carbons (Fsp3) is 0.333. The number of halogens is 3. The Morgan fingerprint density at radius 1 is 1.12 bits per heavy atom. The van der Waals surface area contributed by atoms with Crippen LogP contribution in [0.2, 0.25) is 0 Å². The Kier molecular flexibility index (Phi) is 5.27. The van der Waals surface area contributed by atoms with E-state index in [9.17, 15) is 17.4 Å². The van der Waals surface area contributed by atoms with Crippen molar-refractivity contribution in [1.82, 2.24) is 4.90 Å². The van der Waals surface area contributed by atoms with Crippen molar-refractivity contribution in [2.75, 3.05) is 13.1 Å². The highest BCUT2D eigenvalue weighted by atomic mass is 32.2. The lowest BCUT2D eigenvalue weighted by Crippen LogP contribution is -2.32. The minimum absolute atomic E-state index is 0.399. The second-order valence-corrected chi connectivity index (χ2v) is 7.12. The number of alkyl halides is 3. The molecule has 1 aliphatic heterocycles. The van der Waals surface area contributed by atoms with E-state index in [1.807, 2.05) is 6.07 Å². The summed E-state index contributed by atoms with van der Waals surface area (Å²) in [6.45, 7) is 2.16. The molecule has 2 aromatic rings. The molecule has 0 saturated carbocycles. The first-order chi connectivity index (χ1) is 11.8. The molecule has 1 aliphatic rings. The van der Waals surface area contributed by atoms with Crippen LogP contribution in [0.15, 0.2) is 47.4 Å². The minimum atomic E-state index is -4.31. The van der Waals surface area contributed by atoms with E-state index in [0.29, 0.717) is 30.0 Å². The Morgan fingerprint density at radius 3 is 2.64 bits per heavy atom. The summed E-state index contributed by atoms with van der Waals surface area (Å²) < 4.78 is 58.6. The van der Waals surface area contributed by atoms with Crippen LogP contribution < -0.4 is 0 Å². The van der Waals surface area contributed by atoms with Crippen LogP contribution in [0.1, 0.15) is 22.3 Å². The molecule has 1 unspecified atom stereocenters. The summed E-state index contributed by atoms with van der Waals surface area (Å²) in [7, 11) is 0. The molecular weight excluding hydrogens is 351 g/mol. The smallest absolute Gasteiger partial charge is 0.302 e. The van der Waals surface area contributed by atoms with Gasteiger partial charge in [-0.15, -0.1) is 0 Å². The monoisotopic (exact) mass is 369 g/mol. The number of nitrogens with zero attached hydrogens (tertiary/aromatic N) is 1. The van der Waals surface area contributed by atoms with Gasteiger partial charge in [0.25, 0.3) is 0 Å². The van der Waals surface area contributed by atoms with Crippen LogP contribution in [0.5, 0.6) is 0 Å². The first kappa shape index (κ1) is 18.1. The first-order valence-corrected chi connectivity index (χ1v) is 9.05. The third-order valence-corrected chi connectivity index (χ3v) is 5.10. The minimum Gasteiger partial charge on any atom is -0.302 e. The van der Waals surface area contributed by atoms with E-state index < -0.39 is 22.8 Å². The quantitative estimate of drug-likeness (QED) is 0.832. The summed E-state index contributed by atoms with van der Waals surface area (Å²) in [6.07, 6.45) is -2.99. The molecule has 1 N–H and O–H groups in total. The van der Waals surface area contributed by atoms with Crippen LogP contribution in [0.3, 0.4) is 0 Å². The molecule has 134 valence electrons. The second-order valence-electron chi connectivity index (χ2n) is 6.15. The van der Waals surface area contributed by atoms with Gasteiger partial charge in [-0.05, 0) is 47.7 Å². The zero-order valence-corrected chi connectivity index (χ0v) is 14.2. The molecule has 0 aliphatic carbocycles. The van der Waals surface area contributed by atoms with Crippen molar-refractivity contribution in [3.05, 3.63) is 64.7 Å². The molecule has 2 aromatic carbocycles. The van der Waals surface area contributed by atoms with Crippen LogP contribution >= 0.6 is 0 Å². The van der Waals surface area contributed by atoms with Gasteiger partial charge in [0.2, 0.25) is 0 Å². The molecule has 3 nitrogen and oxygen atoms in total. The third-order valence-electron chi connectivity index (χ3n) is 4.44. The zero-order valence-electron chi connectivity index (χ0n) is 13.4. The highest BCUT2D eigenvalue weighted by molar-refractivity contribution is 7.79. The van der Waals surface area contributed by atoms with E-state index in [1.165, 1.54) is 12.1 Å². The van der Waals surface area contributed by atoms with Gasteiger partial charge < -0.3 is 4.55 Å². The Morgan fingerprint density at radius 2 is 1.92 bits per heavy atom. The van der Waals surface area contributed by atoms with Gasteiger partial charge >= 0.3 is 6.18 Å².